The topological polar surface area (TPSA) is 8.17 Å². The molecule has 1 heterocycles. The molecule has 0 saturated heterocycles. The van der Waals surface area contributed by atoms with E-state index in [9.17, 15) is 0 Å². The van der Waals surface area contributed by atoms with E-state index in [2.05, 4.69) is 217 Å². The number of hydrogen-bond donors (Lipinski definition) is 0. The van der Waals surface area contributed by atoms with Crippen molar-refractivity contribution in [2.45, 2.75) is 19.3 Å². The number of rotatable bonds is 6. The molecule has 0 saturated carbocycles. The number of nitrogens with zero attached hydrogens (tertiary/aromatic N) is 2. The van der Waals surface area contributed by atoms with Crippen molar-refractivity contribution in [3.05, 3.63) is 205 Å². The van der Waals surface area contributed by atoms with Crippen molar-refractivity contribution in [1.82, 2.24) is 4.57 Å². The van der Waals surface area contributed by atoms with Gasteiger partial charge in [-0.25, -0.2) is 0 Å². The summed E-state index contributed by atoms with van der Waals surface area (Å²) < 4.78 is 2.41. The van der Waals surface area contributed by atoms with Gasteiger partial charge < -0.3 is 9.47 Å². The van der Waals surface area contributed by atoms with Crippen LogP contribution in [0.15, 0.2) is 194 Å². The highest BCUT2D eigenvalue weighted by Gasteiger charge is 2.35. The van der Waals surface area contributed by atoms with E-state index < -0.39 is 0 Å². The Morgan fingerprint density at radius 3 is 1.66 bits per heavy atom. The minimum Gasteiger partial charge on any atom is -0.310 e. The zero-order chi connectivity index (χ0) is 35.5. The number of hydrogen-bond acceptors (Lipinski definition) is 1. The van der Waals surface area contributed by atoms with E-state index in [0.717, 1.165) is 22.7 Å². The van der Waals surface area contributed by atoms with E-state index in [0.29, 0.717) is 0 Å². The fourth-order valence-corrected chi connectivity index (χ4v) is 8.53. The summed E-state index contributed by atoms with van der Waals surface area (Å²) in [6.07, 6.45) is 0. The molecule has 0 bridgehead atoms. The van der Waals surface area contributed by atoms with Gasteiger partial charge in [0, 0.05) is 38.9 Å². The van der Waals surface area contributed by atoms with Crippen molar-refractivity contribution in [3.8, 4) is 39.1 Å². The predicted molar refractivity (Wildman–Crippen MR) is 224 cm³/mol. The highest BCUT2D eigenvalue weighted by atomic mass is 15.1. The third-order valence-corrected chi connectivity index (χ3v) is 11.2. The Kier molecular flexibility index (Phi) is 7.19. The highest BCUT2D eigenvalue weighted by Crippen LogP contribution is 2.51. The molecule has 2 heteroatoms. The van der Waals surface area contributed by atoms with E-state index in [1.165, 1.54) is 66.3 Å². The number of fused-ring (bicyclic) bond motifs is 6. The van der Waals surface area contributed by atoms with Crippen molar-refractivity contribution < 1.29 is 0 Å². The van der Waals surface area contributed by atoms with Gasteiger partial charge in [-0.05, 0) is 105 Å². The second-order valence-corrected chi connectivity index (χ2v) is 14.6. The Balaban J connectivity index is 1.18. The molecular formula is C51H38N2. The van der Waals surface area contributed by atoms with Crippen molar-refractivity contribution in [2.75, 3.05) is 4.90 Å². The largest absolute Gasteiger partial charge is 0.310 e. The molecule has 0 atom stereocenters. The molecule has 10 rings (SSSR count). The quantitative estimate of drug-likeness (QED) is 0.170. The van der Waals surface area contributed by atoms with Crippen LogP contribution in [0.1, 0.15) is 25.0 Å². The monoisotopic (exact) mass is 678 g/mol. The Morgan fingerprint density at radius 2 is 0.925 bits per heavy atom. The van der Waals surface area contributed by atoms with E-state index >= 15 is 0 Å². The smallest absolute Gasteiger partial charge is 0.0547 e. The molecule has 1 aliphatic rings. The molecule has 0 spiro atoms. The lowest BCUT2D eigenvalue weighted by molar-refractivity contribution is 0.660. The normalized spacial score (nSPS) is 12.9. The summed E-state index contributed by atoms with van der Waals surface area (Å²) in [5, 5.41) is 2.45. The van der Waals surface area contributed by atoms with E-state index in [-0.39, 0.29) is 5.41 Å². The van der Waals surface area contributed by atoms with Gasteiger partial charge in [-0.3, -0.25) is 0 Å². The van der Waals surface area contributed by atoms with Crippen molar-refractivity contribution in [3.63, 3.8) is 0 Å². The number of benzene rings is 8. The predicted octanol–water partition coefficient (Wildman–Crippen LogP) is 13.9. The lowest BCUT2D eigenvalue weighted by Crippen LogP contribution is -2.16. The third kappa shape index (κ3) is 5.10. The van der Waals surface area contributed by atoms with E-state index in [4.69, 9.17) is 0 Å². The summed E-state index contributed by atoms with van der Waals surface area (Å²) in [4.78, 5) is 2.43. The van der Waals surface area contributed by atoms with Crippen LogP contribution in [0.3, 0.4) is 0 Å². The van der Waals surface area contributed by atoms with Crippen LogP contribution in [-0.4, -0.2) is 4.57 Å². The van der Waals surface area contributed by atoms with Gasteiger partial charge in [0.15, 0.2) is 0 Å². The van der Waals surface area contributed by atoms with Crippen LogP contribution in [0.4, 0.5) is 17.1 Å². The maximum absolute atomic E-state index is 2.43. The van der Waals surface area contributed by atoms with E-state index in [1.54, 1.807) is 0 Å². The average Bonchev–Trinajstić information content (AvgIpc) is 3.66. The number of anilines is 3. The molecule has 0 radical (unpaired) electrons. The molecular weight excluding hydrogens is 641 g/mol. The summed E-state index contributed by atoms with van der Waals surface area (Å²) in [6, 6.07) is 70.8. The molecule has 0 amide bonds. The molecule has 8 aromatic carbocycles. The first-order valence-electron chi connectivity index (χ1n) is 18.4. The van der Waals surface area contributed by atoms with Crippen LogP contribution in [0.25, 0.3) is 60.9 Å². The Bertz CT molecular complexity index is 2780. The third-order valence-electron chi connectivity index (χ3n) is 11.2. The van der Waals surface area contributed by atoms with Crippen molar-refractivity contribution in [1.29, 1.82) is 0 Å². The molecule has 1 aliphatic carbocycles. The first kappa shape index (κ1) is 31.1. The van der Waals surface area contributed by atoms with Gasteiger partial charge in [-0.15, -0.1) is 0 Å². The van der Waals surface area contributed by atoms with Crippen molar-refractivity contribution >= 4 is 38.9 Å². The summed E-state index contributed by atoms with van der Waals surface area (Å²) >= 11 is 0. The lowest BCUT2D eigenvalue weighted by atomic mass is 9.82. The van der Waals surface area contributed by atoms with Gasteiger partial charge >= 0.3 is 0 Å². The second kappa shape index (κ2) is 12.3. The number of aromatic nitrogens is 1. The molecule has 0 unspecified atom stereocenters. The van der Waals surface area contributed by atoms with Crippen molar-refractivity contribution in [2.24, 2.45) is 0 Å². The van der Waals surface area contributed by atoms with Crippen LogP contribution in [0, 0.1) is 0 Å². The first-order chi connectivity index (χ1) is 26.0. The van der Waals surface area contributed by atoms with Crippen LogP contribution in [0.2, 0.25) is 0 Å². The minimum absolute atomic E-state index is 0.103. The van der Waals surface area contributed by atoms with Gasteiger partial charge in [0.05, 0.1) is 11.0 Å². The SMILES string of the molecule is CC1(C)c2ccccc2-c2ccc(N(c3ccc(-c4ccccc4)cc3)c3ccc4c(c3)c3ccc(-c5ccccc5)cc3n4-c3ccccc3)cc21. The maximum atomic E-state index is 2.43. The summed E-state index contributed by atoms with van der Waals surface area (Å²) in [6.45, 7) is 4.71. The van der Waals surface area contributed by atoms with Gasteiger partial charge in [0.2, 0.25) is 0 Å². The molecule has 0 aliphatic heterocycles. The van der Waals surface area contributed by atoms with Crippen LogP contribution in [0.5, 0.6) is 0 Å². The first-order valence-corrected chi connectivity index (χ1v) is 18.4. The molecule has 252 valence electrons. The Hall–Kier alpha value is -6.64. The van der Waals surface area contributed by atoms with Crippen LogP contribution >= 0.6 is 0 Å². The molecule has 1 aromatic heterocycles. The molecule has 2 nitrogen and oxygen atoms in total. The van der Waals surface area contributed by atoms with Gasteiger partial charge in [-0.1, -0.05) is 147 Å². The molecule has 53 heavy (non-hydrogen) atoms. The zero-order valence-corrected chi connectivity index (χ0v) is 29.9. The lowest BCUT2D eigenvalue weighted by Gasteiger charge is -2.28. The molecule has 0 fully saturated rings. The fourth-order valence-electron chi connectivity index (χ4n) is 8.53. The number of para-hydroxylation sites is 1. The van der Waals surface area contributed by atoms with Gasteiger partial charge in [0.25, 0.3) is 0 Å². The minimum atomic E-state index is -0.103. The van der Waals surface area contributed by atoms with Crippen LogP contribution in [-0.2, 0) is 5.41 Å². The van der Waals surface area contributed by atoms with Gasteiger partial charge in [0.1, 0.15) is 0 Å². The fraction of sp³-hybridized carbons (Fsp3) is 0.0588. The maximum Gasteiger partial charge on any atom is 0.0547 e. The van der Waals surface area contributed by atoms with Gasteiger partial charge in [-0.2, -0.15) is 0 Å². The Morgan fingerprint density at radius 1 is 0.377 bits per heavy atom. The highest BCUT2D eigenvalue weighted by molar-refractivity contribution is 6.11. The zero-order valence-electron chi connectivity index (χ0n) is 29.9. The van der Waals surface area contributed by atoms with E-state index in [1.807, 2.05) is 0 Å². The molecule has 9 aromatic rings. The van der Waals surface area contributed by atoms with Crippen LogP contribution < -0.4 is 4.90 Å². The summed E-state index contributed by atoms with van der Waals surface area (Å²) in [5.74, 6) is 0. The standard InChI is InChI=1S/C51H38N2/c1-51(2)47-21-13-12-20-43(47)44-30-27-42(34-48(44)51)52(40-25-22-37(23-26-40)35-14-6-3-7-15-35)41-28-31-49-46(33-41)45-29-24-38(36-16-8-4-9-17-36)32-50(45)53(49)39-18-10-5-11-19-39/h3-34H,1-2H3. The summed E-state index contributed by atoms with van der Waals surface area (Å²) in [5.41, 5.74) is 17.1. The molecule has 0 N–H and O–H groups in total. The second-order valence-electron chi connectivity index (χ2n) is 14.6. The Labute approximate surface area is 310 Å². The average molecular weight is 679 g/mol. The summed E-state index contributed by atoms with van der Waals surface area (Å²) in [7, 11) is 0.